The van der Waals surface area contributed by atoms with Gasteiger partial charge < -0.3 is 0 Å². The summed E-state index contributed by atoms with van der Waals surface area (Å²) in [5.74, 6) is -0.866. The van der Waals surface area contributed by atoms with Gasteiger partial charge in [-0.05, 0) is 42.5 Å². The van der Waals surface area contributed by atoms with Crippen molar-refractivity contribution in [3.63, 3.8) is 0 Å². The molecule has 0 saturated heterocycles. The van der Waals surface area contributed by atoms with Crippen LogP contribution in [0.3, 0.4) is 0 Å². The summed E-state index contributed by atoms with van der Waals surface area (Å²) in [6, 6.07) is 28.0. The number of thiophene rings is 1. The Balaban J connectivity index is 1.62. The lowest BCUT2D eigenvalue weighted by Crippen LogP contribution is -2.62. The van der Waals surface area contributed by atoms with Crippen molar-refractivity contribution in [2.45, 2.75) is 25.2 Å². The van der Waals surface area contributed by atoms with Crippen molar-refractivity contribution < 1.29 is 9.59 Å². The van der Waals surface area contributed by atoms with Gasteiger partial charge in [-0.15, -0.1) is 11.3 Å². The van der Waals surface area contributed by atoms with E-state index in [-0.39, 0.29) is 17.5 Å². The molecule has 0 amide bonds. The van der Waals surface area contributed by atoms with Crippen molar-refractivity contribution >= 4 is 33.0 Å². The maximum Gasteiger partial charge on any atom is 0.162 e. The number of aryl methyl sites for hydroxylation is 1. The fourth-order valence-electron chi connectivity index (χ4n) is 4.66. The van der Waals surface area contributed by atoms with E-state index in [1.807, 2.05) is 60.7 Å². The lowest BCUT2D eigenvalue weighted by Gasteiger charge is -2.45. The minimum Gasteiger partial charge on any atom is -0.297 e. The Morgan fingerprint density at radius 2 is 1.47 bits per heavy atom. The largest absolute Gasteiger partial charge is 0.297 e. The van der Waals surface area contributed by atoms with Crippen molar-refractivity contribution in [1.29, 1.82) is 0 Å². The number of fused-ring (bicyclic) bond motifs is 1. The highest BCUT2D eigenvalue weighted by Crippen LogP contribution is 2.50. The van der Waals surface area contributed by atoms with Gasteiger partial charge in [0.1, 0.15) is 5.41 Å². The third-order valence-corrected chi connectivity index (χ3v) is 7.59. The number of hydrogen-bond acceptors (Lipinski definition) is 3. The van der Waals surface area contributed by atoms with Crippen molar-refractivity contribution in [3.8, 4) is 0 Å². The summed E-state index contributed by atoms with van der Waals surface area (Å²) in [4.78, 5) is 28.1. The molecular formula is C27H22O2S. The van der Waals surface area contributed by atoms with Gasteiger partial charge in [0.05, 0.1) is 5.92 Å². The van der Waals surface area contributed by atoms with Crippen LogP contribution in [-0.4, -0.2) is 11.6 Å². The van der Waals surface area contributed by atoms with Gasteiger partial charge in [0.15, 0.2) is 11.6 Å². The molecule has 1 aliphatic rings. The quantitative estimate of drug-likeness (QED) is 0.383. The first-order valence-electron chi connectivity index (χ1n) is 10.2. The molecule has 1 aromatic heterocycles. The minimum atomic E-state index is -1.05. The molecule has 2 nitrogen and oxygen atoms in total. The van der Waals surface area contributed by atoms with Crippen LogP contribution in [0.5, 0.6) is 0 Å². The lowest BCUT2D eigenvalue weighted by atomic mass is 9.53. The molecule has 1 fully saturated rings. The summed E-state index contributed by atoms with van der Waals surface area (Å²) in [6.07, 6.45) is 0. The molecule has 0 radical (unpaired) electrons. The van der Waals surface area contributed by atoms with Crippen LogP contribution in [0.2, 0.25) is 0 Å². The Labute approximate surface area is 180 Å². The molecule has 3 aromatic carbocycles. The molecule has 1 aliphatic carbocycles. The van der Waals surface area contributed by atoms with Crippen LogP contribution in [0.1, 0.15) is 34.4 Å². The highest BCUT2D eigenvalue weighted by molar-refractivity contribution is 7.19. The van der Waals surface area contributed by atoms with Crippen molar-refractivity contribution in [2.24, 2.45) is 5.92 Å². The summed E-state index contributed by atoms with van der Waals surface area (Å²) in [6.45, 7) is 3.86. The number of carbonyl (C=O) groups is 2. The number of Topliss-reactive ketones (excluding diaryl/α,β-unsaturated/α-hetero) is 2. The van der Waals surface area contributed by atoms with E-state index in [0.29, 0.717) is 0 Å². The number of benzene rings is 3. The molecule has 3 heteroatoms. The predicted octanol–water partition coefficient (Wildman–Crippen LogP) is 6.07. The molecule has 0 spiro atoms. The van der Waals surface area contributed by atoms with Crippen LogP contribution < -0.4 is 0 Å². The molecule has 1 heterocycles. The third-order valence-electron chi connectivity index (χ3n) is 6.39. The Hall–Kier alpha value is -3.04. The molecule has 148 valence electrons. The minimum absolute atomic E-state index is 0.0150. The summed E-state index contributed by atoms with van der Waals surface area (Å²) in [7, 11) is 0. The monoisotopic (exact) mass is 410 g/mol. The Morgan fingerprint density at radius 1 is 0.833 bits per heavy atom. The molecule has 1 saturated carbocycles. The number of carbonyl (C=O) groups excluding carboxylic acids is 2. The zero-order chi connectivity index (χ0) is 20.9. The second-order valence-electron chi connectivity index (χ2n) is 8.28. The van der Waals surface area contributed by atoms with Crippen LogP contribution in [-0.2, 0) is 15.0 Å². The average molecular weight is 411 g/mol. The van der Waals surface area contributed by atoms with E-state index in [1.165, 1.54) is 15.6 Å². The average Bonchev–Trinajstić information content (AvgIpc) is 3.20. The SMILES string of the molecule is Cc1ccc2sc(C(c3ccccc3)C3C(=O)C(C)(c4ccccc4)C3=O)cc2c1. The number of ketones is 2. The fraction of sp³-hybridized carbons (Fsp3) is 0.185. The van der Waals surface area contributed by atoms with E-state index in [1.54, 1.807) is 18.3 Å². The van der Waals surface area contributed by atoms with Gasteiger partial charge in [-0.3, -0.25) is 9.59 Å². The summed E-state index contributed by atoms with van der Waals surface area (Å²) in [5, 5.41) is 1.17. The van der Waals surface area contributed by atoms with Crippen molar-refractivity contribution in [2.75, 3.05) is 0 Å². The topological polar surface area (TPSA) is 34.1 Å². The standard InChI is InChI=1S/C27H22O2S/c1-17-13-14-21-19(15-17)16-22(30-21)23(18-9-5-3-6-10-18)24-25(28)27(2,26(24)29)20-11-7-4-8-12-20/h3-16,23-24H,1-2H3. The molecule has 0 N–H and O–H groups in total. The summed E-state index contributed by atoms with van der Waals surface area (Å²) in [5.41, 5.74) is 1.96. The molecule has 1 unspecified atom stereocenters. The highest BCUT2D eigenvalue weighted by atomic mass is 32.1. The Morgan fingerprint density at radius 3 is 2.13 bits per heavy atom. The predicted molar refractivity (Wildman–Crippen MR) is 122 cm³/mol. The van der Waals surface area contributed by atoms with Gasteiger partial charge in [0.2, 0.25) is 0 Å². The molecule has 4 aromatic rings. The van der Waals surface area contributed by atoms with E-state index < -0.39 is 11.3 Å². The van der Waals surface area contributed by atoms with Crippen LogP contribution in [0.15, 0.2) is 84.9 Å². The number of hydrogen-bond donors (Lipinski definition) is 0. The van der Waals surface area contributed by atoms with Crippen LogP contribution in [0.4, 0.5) is 0 Å². The second kappa shape index (κ2) is 7.03. The highest BCUT2D eigenvalue weighted by Gasteiger charge is 2.62. The van der Waals surface area contributed by atoms with Gasteiger partial charge in [-0.2, -0.15) is 0 Å². The molecule has 30 heavy (non-hydrogen) atoms. The first-order chi connectivity index (χ1) is 14.5. The normalized spacial score (nSPS) is 22.1. The van der Waals surface area contributed by atoms with Crippen LogP contribution in [0, 0.1) is 12.8 Å². The molecular weight excluding hydrogens is 388 g/mol. The summed E-state index contributed by atoms with van der Waals surface area (Å²) >= 11 is 1.68. The first-order valence-corrected chi connectivity index (χ1v) is 11.0. The first kappa shape index (κ1) is 19.0. The van der Waals surface area contributed by atoms with E-state index in [2.05, 4.69) is 31.2 Å². The van der Waals surface area contributed by atoms with Gasteiger partial charge in [0, 0.05) is 15.5 Å². The van der Waals surface area contributed by atoms with E-state index in [0.717, 1.165) is 16.0 Å². The van der Waals surface area contributed by atoms with Gasteiger partial charge in [-0.1, -0.05) is 78.4 Å². The molecule has 0 aliphatic heterocycles. The second-order valence-corrected chi connectivity index (χ2v) is 9.39. The fourth-order valence-corrected chi connectivity index (χ4v) is 5.87. The van der Waals surface area contributed by atoms with Crippen molar-refractivity contribution in [3.05, 3.63) is 106 Å². The van der Waals surface area contributed by atoms with Crippen LogP contribution >= 0.6 is 11.3 Å². The number of rotatable bonds is 4. The van der Waals surface area contributed by atoms with Gasteiger partial charge >= 0.3 is 0 Å². The van der Waals surface area contributed by atoms with Gasteiger partial charge in [-0.25, -0.2) is 0 Å². The summed E-state index contributed by atoms with van der Waals surface area (Å²) < 4.78 is 1.18. The van der Waals surface area contributed by atoms with Crippen molar-refractivity contribution in [1.82, 2.24) is 0 Å². The molecule has 0 bridgehead atoms. The Kier molecular flexibility index (Phi) is 4.44. The maximum atomic E-state index is 13.5. The molecule has 5 rings (SSSR count). The zero-order valence-electron chi connectivity index (χ0n) is 17.0. The van der Waals surface area contributed by atoms with E-state index in [4.69, 9.17) is 0 Å². The third kappa shape index (κ3) is 2.77. The van der Waals surface area contributed by atoms with Gasteiger partial charge in [0.25, 0.3) is 0 Å². The Bertz CT molecular complexity index is 1240. The maximum absolute atomic E-state index is 13.5. The van der Waals surface area contributed by atoms with E-state index >= 15 is 0 Å². The van der Waals surface area contributed by atoms with Crippen LogP contribution in [0.25, 0.3) is 10.1 Å². The zero-order valence-corrected chi connectivity index (χ0v) is 17.8. The smallest absolute Gasteiger partial charge is 0.162 e. The lowest BCUT2D eigenvalue weighted by molar-refractivity contribution is -0.153. The van der Waals surface area contributed by atoms with E-state index in [9.17, 15) is 9.59 Å². The molecule has 1 atom stereocenters.